The fourth-order valence-electron chi connectivity index (χ4n) is 2.89. The Morgan fingerprint density at radius 1 is 1.13 bits per heavy atom. The van der Waals surface area contributed by atoms with Crippen molar-refractivity contribution in [3.8, 4) is 5.75 Å². The highest BCUT2D eigenvalue weighted by Gasteiger charge is 2.31. The SMILES string of the molecule is Cc1c(N(Cc2ccc(OC(F)(F)F)cc2)S(=O)(=O)NCCN)sc2ccccc12. The molecule has 1 heterocycles. The summed E-state index contributed by atoms with van der Waals surface area (Å²) < 4.78 is 71.5. The van der Waals surface area contributed by atoms with E-state index in [-0.39, 0.29) is 25.4 Å². The van der Waals surface area contributed by atoms with Crippen molar-refractivity contribution < 1.29 is 26.3 Å². The first-order valence-corrected chi connectivity index (χ1v) is 11.2. The molecule has 11 heteroatoms. The first-order chi connectivity index (χ1) is 14.1. The molecule has 1 aromatic heterocycles. The highest BCUT2D eigenvalue weighted by molar-refractivity contribution is 7.91. The van der Waals surface area contributed by atoms with Crippen LogP contribution in [0, 0.1) is 6.92 Å². The molecule has 0 spiro atoms. The Morgan fingerprint density at radius 3 is 2.40 bits per heavy atom. The van der Waals surface area contributed by atoms with Crippen molar-refractivity contribution in [2.75, 3.05) is 17.4 Å². The van der Waals surface area contributed by atoms with Gasteiger partial charge in [-0.1, -0.05) is 30.3 Å². The maximum atomic E-state index is 13.0. The summed E-state index contributed by atoms with van der Waals surface area (Å²) in [6, 6.07) is 12.6. The van der Waals surface area contributed by atoms with Crippen LogP contribution in [0.5, 0.6) is 5.75 Å². The van der Waals surface area contributed by atoms with E-state index < -0.39 is 16.6 Å². The van der Waals surface area contributed by atoms with E-state index in [2.05, 4.69) is 9.46 Å². The van der Waals surface area contributed by atoms with Gasteiger partial charge in [0.25, 0.3) is 0 Å². The fourth-order valence-corrected chi connectivity index (χ4v) is 5.62. The van der Waals surface area contributed by atoms with Crippen LogP contribution < -0.4 is 19.5 Å². The summed E-state index contributed by atoms with van der Waals surface area (Å²) in [6.45, 7) is 1.95. The first-order valence-electron chi connectivity index (χ1n) is 8.91. The van der Waals surface area contributed by atoms with Gasteiger partial charge in [0.1, 0.15) is 10.8 Å². The van der Waals surface area contributed by atoms with Crippen molar-refractivity contribution in [1.82, 2.24) is 4.72 Å². The van der Waals surface area contributed by atoms with Gasteiger partial charge in [0.15, 0.2) is 0 Å². The molecule has 0 saturated carbocycles. The van der Waals surface area contributed by atoms with Crippen molar-refractivity contribution in [3.05, 3.63) is 59.7 Å². The number of hydrogen-bond donors (Lipinski definition) is 2. The molecular formula is C19H20F3N3O3S2. The van der Waals surface area contributed by atoms with Gasteiger partial charge in [-0.05, 0) is 41.6 Å². The third-order valence-electron chi connectivity index (χ3n) is 4.25. The number of aryl methyl sites for hydroxylation is 1. The molecule has 0 atom stereocenters. The van der Waals surface area contributed by atoms with E-state index in [0.29, 0.717) is 10.6 Å². The molecule has 0 fully saturated rings. The second-order valence-electron chi connectivity index (χ2n) is 6.41. The average Bonchev–Trinajstić information content (AvgIpc) is 3.01. The van der Waals surface area contributed by atoms with Crippen LogP contribution in [0.25, 0.3) is 10.1 Å². The summed E-state index contributed by atoms with van der Waals surface area (Å²) in [5.41, 5.74) is 6.73. The average molecular weight is 460 g/mol. The smallest absolute Gasteiger partial charge is 0.406 e. The summed E-state index contributed by atoms with van der Waals surface area (Å²) in [7, 11) is -3.94. The zero-order chi connectivity index (χ0) is 21.9. The molecule has 162 valence electrons. The molecule has 3 rings (SSSR count). The monoisotopic (exact) mass is 459 g/mol. The number of nitrogens with two attached hydrogens (primary N) is 1. The molecule has 2 aromatic carbocycles. The lowest BCUT2D eigenvalue weighted by atomic mass is 10.2. The molecule has 0 aliphatic heterocycles. The van der Waals surface area contributed by atoms with Gasteiger partial charge < -0.3 is 10.5 Å². The summed E-state index contributed by atoms with van der Waals surface area (Å²) in [5.74, 6) is -0.375. The summed E-state index contributed by atoms with van der Waals surface area (Å²) in [4.78, 5) is 0. The van der Waals surface area contributed by atoms with Crippen molar-refractivity contribution in [2.24, 2.45) is 5.73 Å². The molecular weight excluding hydrogens is 439 g/mol. The fraction of sp³-hybridized carbons (Fsp3) is 0.263. The Morgan fingerprint density at radius 2 is 1.80 bits per heavy atom. The van der Waals surface area contributed by atoms with Crippen molar-refractivity contribution in [2.45, 2.75) is 19.8 Å². The van der Waals surface area contributed by atoms with Crippen molar-refractivity contribution in [1.29, 1.82) is 0 Å². The van der Waals surface area contributed by atoms with E-state index >= 15 is 0 Å². The predicted octanol–water partition coefficient (Wildman–Crippen LogP) is 3.91. The Bertz CT molecular complexity index is 1110. The van der Waals surface area contributed by atoms with Crippen LogP contribution in [-0.4, -0.2) is 27.9 Å². The highest BCUT2D eigenvalue weighted by atomic mass is 32.2. The number of thiophene rings is 1. The lowest BCUT2D eigenvalue weighted by Gasteiger charge is -2.24. The molecule has 3 N–H and O–H groups in total. The molecule has 0 bridgehead atoms. The zero-order valence-electron chi connectivity index (χ0n) is 15.9. The molecule has 6 nitrogen and oxygen atoms in total. The molecule has 3 aromatic rings. The Kier molecular flexibility index (Phi) is 6.56. The van der Waals surface area contributed by atoms with Crippen molar-refractivity contribution >= 4 is 36.6 Å². The quantitative estimate of drug-likeness (QED) is 0.535. The molecule has 0 unspecified atom stereocenters. The zero-order valence-corrected chi connectivity index (χ0v) is 17.6. The van der Waals surface area contributed by atoms with Gasteiger partial charge >= 0.3 is 16.6 Å². The van der Waals surface area contributed by atoms with E-state index in [1.165, 1.54) is 27.8 Å². The number of nitrogens with zero attached hydrogens (tertiary/aromatic N) is 1. The molecule has 0 aliphatic rings. The third kappa shape index (κ3) is 5.22. The number of halogens is 3. The first kappa shape index (κ1) is 22.3. The minimum absolute atomic E-state index is 0.0567. The molecule has 0 aliphatic carbocycles. The van der Waals surface area contributed by atoms with Gasteiger partial charge in [-0.15, -0.1) is 24.5 Å². The standard InChI is InChI=1S/C19H20F3N3O3S2/c1-13-16-4-2-3-5-17(16)29-18(13)25(30(26,27)24-11-10-23)12-14-6-8-15(9-7-14)28-19(20,21)22/h2-9,24H,10-12,23H2,1H3. The lowest BCUT2D eigenvalue weighted by Crippen LogP contribution is -2.42. The number of fused-ring (bicyclic) bond motifs is 1. The number of alkyl halides is 3. The van der Waals surface area contributed by atoms with Crippen LogP contribution in [0.4, 0.5) is 18.2 Å². The molecule has 0 radical (unpaired) electrons. The van der Waals surface area contributed by atoms with Crippen LogP contribution in [0.2, 0.25) is 0 Å². The topological polar surface area (TPSA) is 84.7 Å². The van der Waals surface area contributed by atoms with E-state index in [1.807, 2.05) is 31.2 Å². The van der Waals surface area contributed by atoms with E-state index in [4.69, 9.17) is 5.73 Å². The van der Waals surface area contributed by atoms with Crippen LogP contribution in [-0.2, 0) is 16.8 Å². The number of ether oxygens (including phenoxy) is 1. The summed E-state index contributed by atoms with van der Waals surface area (Å²) in [6.07, 6.45) is -4.79. The Balaban J connectivity index is 1.97. The highest BCUT2D eigenvalue weighted by Crippen LogP contribution is 2.39. The van der Waals surface area contributed by atoms with Crippen molar-refractivity contribution in [3.63, 3.8) is 0 Å². The van der Waals surface area contributed by atoms with Gasteiger partial charge in [0.2, 0.25) is 0 Å². The number of anilines is 1. The lowest BCUT2D eigenvalue weighted by molar-refractivity contribution is -0.274. The van der Waals surface area contributed by atoms with Gasteiger partial charge in [-0.3, -0.25) is 0 Å². The van der Waals surface area contributed by atoms with E-state index in [9.17, 15) is 21.6 Å². The minimum atomic E-state index is -4.79. The second-order valence-corrected chi connectivity index (χ2v) is 9.13. The maximum absolute atomic E-state index is 13.0. The van der Waals surface area contributed by atoms with Crippen LogP contribution in [0.1, 0.15) is 11.1 Å². The number of benzene rings is 2. The number of nitrogens with one attached hydrogen (secondary N) is 1. The van der Waals surface area contributed by atoms with Gasteiger partial charge in [0.05, 0.1) is 6.54 Å². The van der Waals surface area contributed by atoms with Crippen LogP contribution >= 0.6 is 11.3 Å². The molecule has 0 amide bonds. The second kappa shape index (κ2) is 8.80. The van der Waals surface area contributed by atoms with E-state index in [1.54, 1.807) is 0 Å². The molecule has 30 heavy (non-hydrogen) atoms. The Hall–Kier alpha value is -2.34. The number of rotatable bonds is 8. The Labute approximate surface area is 176 Å². The maximum Gasteiger partial charge on any atom is 0.573 e. The minimum Gasteiger partial charge on any atom is -0.406 e. The van der Waals surface area contributed by atoms with Crippen LogP contribution in [0.15, 0.2) is 48.5 Å². The van der Waals surface area contributed by atoms with Gasteiger partial charge in [-0.2, -0.15) is 13.1 Å². The third-order valence-corrected chi connectivity index (χ3v) is 7.12. The van der Waals surface area contributed by atoms with Gasteiger partial charge in [-0.25, -0.2) is 4.31 Å². The van der Waals surface area contributed by atoms with E-state index in [0.717, 1.165) is 27.8 Å². The molecule has 0 saturated heterocycles. The number of hydrogen-bond acceptors (Lipinski definition) is 5. The van der Waals surface area contributed by atoms with Crippen LogP contribution in [0.3, 0.4) is 0 Å². The summed E-state index contributed by atoms with van der Waals surface area (Å²) in [5, 5.41) is 1.46. The predicted molar refractivity (Wildman–Crippen MR) is 112 cm³/mol. The summed E-state index contributed by atoms with van der Waals surface area (Å²) >= 11 is 1.32. The largest absolute Gasteiger partial charge is 0.573 e. The van der Waals surface area contributed by atoms with Gasteiger partial charge in [0, 0.05) is 17.8 Å². The normalized spacial score (nSPS) is 12.3.